The number of carbonyl (C=O) groups excluding carboxylic acids is 1. The molecule has 1 aromatic rings. The molecular weight excluding hydrogens is 237 g/mol. The molecule has 1 heterocycles. The Morgan fingerprint density at radius 3 is 2.65 bits per heavy atom. The molecule has 0 aromatic carbocycles. The topological polar surface area (TPSA) is 51.2 Å². The number of aromatic nitrogens is 1. The molecule has 0 saturated heterocycles. The highest BCUT2D eigenvalue weighted by atomic mass is 19.4. The first-order valence-electron chi connectivity index (χ1n) is 4.73. The van der Waals surface area contributed by atoms with Crippen LogP contribution in [-0.4, -0.2) is 30.8 Å². The summed E-state index contributed by atoms with van der Waals surface area (Å²) in [6.45, 7) is -1.09. The minimum atomic E-state index is -4.24. The van der Waals surface area contributed by atoms with E-state index in [1.165, 1.54) is 25.4 Å². The van der Waals surface area contributed by atoms with Crippen LogP contribution in [0.4, 0.5) is 13.2 Å². The zero-order valence-corrected chi connectivity index (χ0v) is 9.04. The number of hydrogen-bond donors (Lipinski definition) is 1. The summed E-state index contributed by atoms with van der Waals surface area (Å²) in [5.74, 6) is -0.535. The molecule has 0 amide bonds. The van der Waals surface area contributed by atoms with Crippen molar-refractivity contribution >= 4 is 5.97 Å². The van der Waals surface area contributed by atoms with Gasteiger partial charge in [0.15, 0.2) is 0 Å². The van der Waals surface area contributed by atoms with Gasteiger partial charge in [0.25, 0.3) is 0 Å². The van der Waals surface area contributed by atoms with E-state index in [9.17, 15) is 18.0 Å². The van der Waals surface area contributed by atoms with Gasteiger partial charge in [0.05, 0.1) is 24.9 Å². The Hall–Kier alpha value is -1.63. The Morgan fingerprint density at radius 1 is 1.47 bits per heavy atom. The van der Waals surface area contributed by atoms with E-state index in [1.54, 1.807) is 0 Å². The van der Waals surface area contributed by atoms with Crippen LogP contribution in [0.25, 0.3) is 0 Å². The Morgan fingerprint density at radius 2 is 2.18 bits per heavy atom. The van der Waals surface area contributed by atoms with Crippen molar-refractivity contribution in [2.45, 2.75) is 12.7 Å². The van der Waals surface area contributed by atoms with Crippen molar-refractivity contribution in [3.63, 3.8) is 0 Å². The summed E-state index contributed by atoms with van der Waals surface area (Å²) in [7, 11) is 1.24. The molecule has 94 valence electrons. The van der Waals surface area contributed by atoms with Crippen molar-refractivity contribution in [1.82, 2.24) is 10.3 Å². The van der Waals surface area contributed by atoms with Crippen molar-refractivity contribution < 1.29 is 22.7 Å². The quantitative estimate of drug-likeness (QED) is 0.821. The highest BCUT2D eigenvalue weighted by Crippen LogP contribution is 2.12. The van der Waals surface area contributed by atoms with Gasteiger partial charge in [-0.15, -0.1) is 0 Å². The second-order valence-electron chi connectivity index (χ2n) is 3.25. The van der Waals surface area contributed by atoms with E-state index in [4.69, 9.17) is 0 Å². The minimum Gasteiger partial charge on any atom is -0.465 e. The summed E-state index contributed by atoms with van der Waals surface area (Å²) >= 11 is 0. The molecule has 4 nitrogen and oxygen atoms in total. The molecule has 0 saturated carbocycles. The average molecular weight is 248 g/mol. The van der Waals surface area contributed by atoms with Crippen LogP contribution in [0.15, 0.2) is 18.3 Å². The van der Waals surface area contributed by atoms with Crippen molar-refractivity contribution in [1.29, 1.82) is 0 Å². The molecule has 0 radical (unpaired) electrons. The number of pyridine rings is 1. The second-order valence-corrected chi connectivity index (χ2v) is 3.25. The van der Waals surface area contributed by atoms with Gasteiger partial charge in [-0.3, -0.25) is 4.98 Å². The van der Waals surface area contributed by atoms with Gasteiger partial charge in [0.1, 0.15) is 0 Å². The smallest absolute Gasteiger partial charge is 0.401 e. The lowest BCUT2D eigenvalue weighted by Crippen LogP contribution is -2.28. The monoisotopic (exact) mass is 248 g/mol. The largest absolute Gasteiger partial charge is 0.465 e. The number of carbonyl (C=O) groups is 1. The molecule has 0 atom stereocenters. The normalized spacial score (nSPS) is 11.3. The number of ether oxygens (including phenoxy) is 1. The maximum absolute atomic E-state index is 11.8. The zero-order chi connectivity index (χ0) is 12.9. The predicted octanol–water partition coefficient (Wildman–Crippen LogP) is 1.52. The Kier molecular flexibility index (Phi) is 4.45. The van der Waals surface area contributed by atoms with E-state index < -0.39 is 18.7 Å². The molecule has 0 fully saturated rings. The first-order valence-corrected chi connectivity index (χ1v) is 4.73. The van der Waals surface area contributed by atoms with Crippen molar-refractivity contribution in [3.05, 3.63) is 29.6 Å². The van der Waals surface area contributed by atoms with Gasteiger partial charge in [-0.25, -0.2) is 4.79 Å². The number of methoxy groups -OCH3 is 1. The molecule has 0 aliphatic heterocycles. The third-order valence-electron chi connectivity index (χ3n) is 1.88. The van der Waals surface area contributed by atoms with Gasteiger partial charge in [-0.1, -0.05) is 0 Å². The summed E-state index contributed by atoms with van der Waals surface area (Å²) < 4.78 is 39.9. The van der Waals surface area contributed by atoms with Gasteiger partial charge in [-0.05, 0) is 12.1 Å². The second kappa shape index (κ2) is 5.62. The lowest BCUT2D eigenvalue weighted by atomic mass is 10.2. The van der Waals surface area contributed by atoms with Crippen molar-refractivity contribution in [2.75, 3.05) is 13.7 Å². The summed E-state index contributed by atoms with van der Waals surface area (Å²) in [5, 5.41) is 2.20. The van der Waals surface area contributed by atoms with Gasteiger partial charge in [0, 0.05) is 12.7 Å². The van der Waals surface area contributed by atoms with Crippen LogP contribution < -0.4 is 5.32 Å². The average Bonchev–Trinajstić information content (AvgIpc) is 2.27. The number of esters is 1. The summed E-state index contributed by atoms with van der Waals surface area (Å²) in [4.78, 5) is 14.9. The number of nitrogens with zero attached hydrogens (tertiary/aromatic N) is 1. The fourth-order valence-corrected chi connectivity index (χ4v) is 1.10. The van der Waals surface area contributed by atoms with E-state index in [0.29, 0.717) is 5.69 Å². The van der Waals surface area contributed by atoms with E-state index in [2.05, 4.69) is 15.0 Å². The highest BCUT2D eigenvalue weighted by molar-refractivity contribution is 5.88. The lowest BCUT2D eigenvalue weighted by molar-refractivity contribution is -0.125. The van der Waals surface area contributed by atoms with Gasteiger partial charge in [0.2, 0.25) is 0 Å². The van der Waals surface area contributed by atoms with E-state index in [0.717, 1.165) is 0 Å². The fraction of sp³-hybridized carbons (Fsp3) is 0.400. The standard InChI is InChI=1S/C10H11F3N2O2/c1-17-9(16)7-2-3-8(15-4-7)5-14-6-10(11,12)13/h2-4,14H,5-6H2,1H3. The van der Waals surface area contributed by atoms with Crippen LogP contribution in [0.2, 0.25) is 0 Å². The summed E-state index contributed by atoms with van der Waals surface area (Å²) in [5.41, 5.74) is 0.675. The van der Waals surface area contributed by atoms with Crippen LogP contribution in [0, 0.1) is 0 Å². The number of halogens is 3. The van der Waals surface area contributed by atoms with E-state index >= 15 is 0 Å². The first-order chi connectivity index (χ1) is 7.92. The van der Waals surface area contributed by atoms with Crippen LogP contribution in [-0.2, 0) is 11.3 Å². The van der Waals surface area contributed by atoms with Gasteiger partial charge < -0.3 is 10.1 Å². The Bertz CT molecular complexity index is 376. The number of alkyl halides is 3. The Balaban J connectivity index is 2.49. The van der Waals surface area contributed by atoms with Gasteiger partial charge in [-0.2, -0.15) is 13.2 Å². The summed E-state index contributed by atoms with van der Waals surface area (Å²) in [6.07, 6.45) is -2.98. The molecule has 1 N–H and O–H groups in total. The number of nitrogens with one attached hydrogen (secondary N) is 1. The van der Waals surface area contributed by atoms with Crippen molar-refractivity contribution in [3.8, 4) is 0 Å². The fourth-order valence-electron chi connectivity index (χ4n) is 1.10. The molecule has 1 rings (SSSR count). The van der Waals surface area contributed by atoms with Crippen LogP contribution in [0.1, 0.15) is 16.1 Å². The van der Waals surface area contributed by atoms with E-state index in [1.807, 2.05) is 0 Å². The van der Waals surface area contributed by atoms with Gasteiger partial charge >= 0.3 is 12.1 Å². The third-order valence-corrected chi connectivity index (χ3v) is 1.88. The van der Waals surface area contributed by atoms with Crippen molar-refractivity contribution in [2.24, 2.45) is 0 Å². The lowest BCUT2D eigenvalue weighted by Gasteiger charge is -2.07. The van der Waals surface area contributed by atoms with Crippen LogP contribution >= 0.6 is 0 Å². The minimum absolute atomic E-state index is 0.0129. The van der Waals surface area contributed by atoms with Crippen LogP contribution in [0.3, 0.4) is 0 Å². The number of hydrogen-bond acceptors (Lipinski definition) is 4. The Labute approximate surface area is 95.8 Å². The molecule has 0 aliphatic rings. The third kappa shape index (κ3) is 4.81. The molecule has 0 bridgehead atoms. The highest BCUT2D eigenvalue weighted by Gasteiger charge is 2.26. The predicted molar refractivity (Wildman–Crippen MR) is 53.3 cm³/mol. The maximum Gasteiger partial charge on any atom is 0.401 e. The zero-order valence-electron chi connectivity index (χ0n) is 9.04. The molecule has 0 aliphatic carbocycles. The molecule has 7 heteroatoms. The SMILES string of the molecule is COC(=O)c1ccc(CNCC(F)(F)F)nc1. The number of rotatable bonds is 4. The molecule has 0 unspecified atom stereocenters. The van der Waals surface area contributed by atoms with E-state index in [-0.39, 0.29) is 12.1 Å². The molecule has 0 spiro atoms. The first kappa shape index (κ1) is 13.4. The summed E-state index contributed by atoms with van der Waals surface area (Å²) in [6, 6.07) is 2.92. The van der Waals surface area contributed by atoms with Crippen LogP contribution in [0.5, 0.6) is 0 Å². The molecule has 1 aromatic heterocycles. The molecule has 17 heavy (non-hydrogen) atoms. The molecular formula is C10H11F3N2O2. The maximum atomic E-state index is 11.8.